The number of rotatable bonds is 5. The maximum absolute atomic E-state index is 12.0. The maximum Gasteiger partial charge on any atom is 0.406 e. The highest BCUT2D eigenvalue weighted by Crippen LogP contribution is 2.30. The average molecular weight is 339 g/mol. The van der Waals surface area contributed by atoms with Gasteiger partial charge in [-0.15, -0.1) is 0 Å². The van der Waals surface area contributed by atoms with Crippen LogP contribution in [0.5, 0.6) is 0 Å². The predicted octanol–water partition coefficient (Wildman–Crippen LogP) is 3.50. The molecule has 0 unspecified atom stereocenters. The molecule has 6 heteroatoms. The third kappa shape index (κ3) is 3.42. The van der Waals surface area contributed by atoms with Crippen LogP contribution >= 0.6 is 0 Å². The Balaban J connectivity index is 1.80. The van der Waals surface area contributed by atoms with Crippen LogP contribution in [0.1, 0.15) is 13.3 Å². The summed E-state index contributed by atoms with van der Waals surface area (Å²) < 4.78 is 6.73. The topological polar surface area (TPSA) is 72.4 Å². The average Bonchev–Trinajstić information content (AvgIpc) is 2.94. The second-order valence-corrected chi connectivity index (χ2v) is 5.71. The molecule has 0 aliphatic carbocycles. The van der Waals surface area contributed by atoms with Gasteiger partial charge in [0.1, 0.15) is 0 Å². The number of benzene rings is 2. The molecule has 0 bridgehead atoms. The normalized spacial score (nSPS) is 10.8. The molecular formula is C19H21N3O3. The number of carbonyl (C=O) groups is 2. The first-order chi connectivity index (χ1) is 12.1. The number of nitrogens with zero attached hydrogens (tertiary/aromatic N) is 1. The van der Waals surface area contributed by atoms with Crippen LogP contribution in [0.4, 0.5) is 10.5 Å². The fourth-order valence-electron chi connectivity index (χ4n) is 3.05. The summed E-state index contributed by atoms with van der Waals surface area (Å²) in [6.45, 7) is 3.24. The third-order valence-corrected chi connectivity index (χ3v) is 4.18. The van der Waals surface area contributed by atoms with Gasteiger partial charge in [0.15, 0.2) is 0 Å². The molecule has 0 aliphatic rings. The first-order valence-corrected chi connectivity index (χ1v) is 8.26. The van der Waals surface area contributed by atoms with E-state index in [1.165, 1.54) is 18.0 Å². The lowest BCUT2D eigenvalue weighted by Crippen LogP contribution is -2.27. The van der Waals surface area contributed by atoms with Crippen LogP contribution in [-0.2, 0) is 16.1 Å². The van der Waals surface area contributed by atoms with Crippen molar-refractivity contribution in [3.8, 4) is 0 Å². The van der Waals surface area contributed by atoms with Gasteiger partial charge in [0.25, 0.3) is 0 Å². The van der Waals surface area contributed by atoms with Crippen molar-refractivity contribution in [2.75, 3.05) is 19.0 Å². The molecule has 3 rings (SSSR count). The van der Waals surface area contributed by atoms with E-state index < -0.39 is 6.09 Å². The molecule has 2 amide bonds. The van der Waals surface area contributed by atoms with Crippen molar-refractivity contribution in [1.29, 1.82) is 0 Å². The Morgan fingerprint density at radius 2 is 1.84 bits per heavy atom. The monoisotopic (exact) mass is 339 g/mol. The summed E-state index contributed by atoms with van der Waals surface area (Å²) in [6.07, 6.45) is -0.356. The van der Waals surface area contributed by atoms with Crippen LogP contribution in [0.15, 0.2) is 42.5 Å². The van der Waals surface area contributed by atoms with Gasteiger partial charge in [-0.05, 0) is 31.2 Å². The van der Waals surface area contributed by atoms with E-state index in [4.69, 9.17) is 0 Å². The number of para-hydroxylation sites is 1. The van der Waals surface area contributed by atoms with Crippen molar-refractivity contribution in [2.24, 2.45) is 0 Å². The number of aryl methyl sites for hydroxylation is 1. The smallest absolute Gasteiger partial charge is 0.406 e. The molecule has 0 fully saturated rings. The van der Waals surface area contributed by atoms with Gasteiger partial charge >= 0.3 is 6.09 Å². The highest BCUT2D eigenvalue weighted by molar-refractivity contribution is 6.09. The molecule has 0 saturated heterocycles. The summed E-state index contributed by atoms with van der Waals surface area (Å²) in [4.78, 5) is 23.0. The van der Waals surface area contributed by atoms with Gasteiger partial charge in [0, 0.05) is 47.0 Å². The SMILES string of the molecule is CCn1c2ccccc2c2cc(NC(=O)CCNC(=O)OC)ccc21. The molecule has 25 heavy (non-hydrogen) atoms. The zero-order valence-electron chi connectivity index (χ0n) is 14.3. The maximum atomic E-state index is 12.0. The van der Waals surface area contributed by atoms with Gasteiger partial charge < -0.3 is 19.9 Å². The Kier molecular flexibility index (Phi) is 4.88. The first-order valence-electron chi connectivity index (χ1n) is 8.26. The zero-order valence-corrected chi connectivity index (χ0v) is 14.3. The number of hydrogen-bond acceptors (Lipinski definition) is 3. The van der Waals surface area contributed by atoms with Crippen molar-refractivity contribution in [3.05, 3.63) is 42.5 Å². The lowest BCUT2D eigenvalue weighted by molar-refractivity contribution is -0.116. The van der Waals surface area contributed by atoms with Crippen molar-refractivity contribution in [2.45, 2.75) is 19.9 Å². The molecule has 0 saturated carbocycles. The Hall–Kier alpha value is -3.02. The number of nitrogens with one attached hydrogen (secondary N) is 2. The number of anilines is 1. The third-order valence-electron chi connectivity index (χ3n) is 4.18. The number of methoxy groups -OCH3 is 1. The molecule has 2 N–H and O–H groups in total. The number of amides is 2. The minimum Gasteiger partial charge on any atom is -0.453 e. The van der Waals surface area contributed by atoms with E-state index in [1.807, 2.05) is 30.3 Å². The molecule has 1 aromatic heterocycles. The zero-order chi connectivity index (χ0) is 17.8. The fourth-order valence-corrected chi connectivity index (χ4v) is 3.05. The van der Waals surface area contributed by atoms with Crippen LogP contribution in [-0.4, -0.2) is 30.2 Å². The second-order valence-electron chi connectivity index (χ2n) is 5.71. The highest BCUT2D eigenvalue weighted by atomic mass is 16.5. The Morgan fingerprint density at radius 3 is 2.60 bits per heavy atom. The number of aromatic nitrogens is 1. The van der Waals surface area contributed by atoms with Gasteiger partial charge in [-0.1, -0.05) is 18.2 Å². The Labute approximate surface area is 145 Å². The van der Waals surface area contributed by atoms with Gasteiger partial charge in [-0.25, -0.2) is 4.79 Å². The summed E-state index contributed by atoms with van der Waals surface area (Å²) in [6, 6.07) is 14.2. The lowest BCUT2D eigenvalue weighted by atomic mass is 10.1. The quantitative estimate of drug-likeness (QED) is 0.747. The van der Waals surface area contributed by atoms with Crippen LogP contribution in [0.25, 0.3) is 21.8 Å². The van der Waals surface area contributed by atoms with Crippen LogP contribution in [0, 0.1) is 0 Å². The number of fused-ring (bicyclic) bond motifs is 3. The largest absolute Gasteiger partial charge is 0.453 e. The lowest BCUT2D eigenvalue weighted by Gasteiger charge is -2.07. The first kappa shape index (κ1) is 16.8. The summed E-state index contributed by atoms with van der Waals surface area (Å²) in [5.41, 5.74) is 3.08. The van der Waals surface area contributed by atoms with E-state index in [9.17, 15) is 9.59 Å². The van der Waals surface area contributed by atoms with E-state index in [0.29, 0.717) is 0 Å². The van der Waals surface area contributed by atoms with Gasteiger partial charge in [0.05, 0.1) is 7.11 Å². The van der Waals surface area contributed by atoms with E-state index in [0.717, 1.165) is 23.1 Å². The summed E-state index contributed by atoms with van der Waals surface area (Å²) >= 11 is 0. The highest BCUT2D eigenvalue weighted by Gasteiger charge is 2.11. The number of hydrogen-bond donors (Lipinski definition) is 2. The standard InChI is InChI=1S/C19H21N3O3/c1-3-22-16-7-5-4-6-14(16)15-12-13(8-9-17(15)22)21-18(23)10-11-20-19(24)25-2/h4-9,12H,3,10-11H2,1-2H3,(H,20,24)(H,21,23). The molecule has 0 spiro atoms. The van der Waals surface area contributed by atoms with E-state index >= 15 is 0 Å². The van der Waals surface area contributed by atoms with E-state index in [-0.39, 0.29) is 18.9 Å². The minimum atomic E-state index is -0.540. The van der Waals surface area contributed by atoms with E-state index in [1.54, 1.807) is 0 Å². The van der Waals surface area contributed by atoms with Crippen molar-refractivity contribution in [1.82, 2.24) is 9.88 Å². The summed E-state index contributed by atoms with van der Waals surface area (Å²) in [7, 11) is 1.29. The summed E-state index contributed by atoms with van der Waals surface area (Å²) in [5, 5.41) is 7.65. The van der Waals surface area contributed by atoms with Crippen LogP contribution < -0.4 is 10.6 Å². The molecule has 130 valence electrons. The molecule has 0 aliphatic heterocycles. The molecule has 2 aromatic carbocycles. The van der Waals surface area contributed by atoms with Crippen LogP contribution in [0.2, 0.25) is 0 Å². The Morgan fingerprint density at radius 1 is 1.08 bits per heavy atom. The number of ether oxygens (including phenoxy) is 1. The number of carbonyl (C=O) groups excluding carboxylic acids is 2. The predicted molar refractivity (Wildman–Crippen MR) is 98.8 cm³/mol. The molecule has 0 atom stereocenters. The fraction of sp³-hybridized carbons (Fsp3) is 0.263. The summed E-state index contributed by atoms with van der Waals surface area (Å²) in [5.74, 6) is -0.157. The molecule has 0 radical (unpaired) electrons. The van der Waals surface area contributed by atoms with Crippen LogP contribution in [0.3, 0.4) is 0 Å². The molecule has 3 aromatic rings. The number of alkyl carbamates (subject to hydrolysis) is 1. The van der Waals surface area contributed by atoms with Crippen molar-refractivity contribution < 1.29 is 14.3 Å². The second kappa shape index (κ2) is 7.25. The van der Waals surface area contributed by atoms with Gasteiger partial charge in [-0.3, -0.25) is 4.79 Å². The molecule has 1 heterocycles. The van der Waals surface area contributed by atoms with Crippen molar-refractivity contribution >= 4 is 39.5 Å². The molecular weight excluding hydrogens is 318 g/mol. The Bertz CT molecular complexity index is 930. The van der Waals surface area contributed by atoms with Crippen molar-refractivity contribution in [3.63, 3.8) is 0 Å². The minimum absolute atomic E-state index is 0.157. The van der Waals surface area contributed by atoms with Gasteiger partial charge in [-0.2, -0.15) is 0 Å². The molecule has 6 nitrogen and oxygen atoms in total. The van der Waals surface area contributed by atoms with Gasteiger partial charge in [0.2, 0.25) is 5.91 Å². The van der Waals surface area contributed by atoms with E-state index in [2.05, 4.69) is 39.0 Å².